The molecule has 0 amide bonds. The van der Waals surface area contributed by atoms with Crippen molar-refractivity contribution in [3.63, 3.8) is 0 Å². The number of hydrogen-bond acceptors (Lipinski definition) is 5. The van der Waals surface area contributed by atoms with Gasteiger partial charge in [0.1, 0.15) is 5.01 Å². The van der Waals surface area contributed by atoms with Gasteiger partial charge in [0.25, 0.3) is 0 Å². The Morgan fingerprint density at radius 3 is 2.81 bits per heavy atom. The minimum Gasteiger partial charge on any atom is -0.408 e. The Hall–Kier alpha value is -2.08. The lowest BCUT2D eigenvalue weighted by Gasteiger charge is -2.14. The molecule has 5 nitrogen and oxygen atoms in total. The second-order valence-electron chi connectivity index (χ2n) is 6.06. The molecule has 0 atom stereocenters. The third-order valence-electron chi connectivity index (χ3n) is 3.31. The van der Waals surface area contributed by atoms with Crippen LogP contribution in [0.3, 0.4) is 0 Å². The normalized spacial score (nSPS) is 12.1. The number of fused-ring (bicyclic) bond motifs is 1. The molecule has 0 radical (unpaired) electrons. The van der Waals surface area contributed by atoms with Crippen molar-refractivity contribution in [1.29, 1.82) is 0 Å². The summed E-state index contributed by atoms with van der Waals surface area (Å²) in [7, 11) is 0. The predicted octanol–water partition coefficient (Wildman–Crippen LogP) is 2.98. The van der Waals surface area contributed by atoms with Crippen LogP contribution in [0.2, 0.25) is 0 Å². The van der Waals surface area contributed by atoms with E-state index >= 15 is 0 Å². The largest absolute Gasteiger partial charge is 0.420 e. The Balaban J connectivity index is 2.00. The van der Waals surface area contributed by atoms with E-state index in [-0.39, 0.29) is 11.2 Å². The lowest BCUT2D eigenvalue weighted by molar-refractivity contribution is 0.516. The SMILES string of the molecule is CC(C)(C)c1csc(Cn2c(=O)oc3cc(N)ccc32)n1. The van der Waals surface area contributed by atoms with E-state index in [4.69, 9.17) is 10.2 Å². The van der Waals surface area contributed by atoms with Gasteiger partial charge in [-0.05, 0) is 12.1 Å². The van der Waals surface area contributed by atoms with Gasteiger partial charge in [-0.15, -0.1) is 11.3 Å². The molecule has 0 spiro atoms. The quantitative estimate of drug-likeness (QED) is 0.739. The maximum Gasteiger partial charge on any atom is 0.420 e. The van der Waals surface area contributed by atoms with Crippen molar-refractivity contribution in [2.75, 3.05) is 5.73 Å². The molecule has 0 bridgehead atoms. The molecule has 0 saturated carbocycles. The number of thiazole rings is 1. The zero-order chi connectivity index (χ0) is 15.2. The van der Waals surface area contributed by atoms with E-state index < -0.39 is 0 Å². The highest BCUT2D eigenvalue weighted by Crippen LogP contribution is 2.25. The lowest BCUT2D eigenvalue weighted by atomic mass is 9.93. The first-order valence-corrected chi connectivity index (χ1v) is 7.56. The van der Waals surface area contributed by atoms with Crippen molar-refractivity contribution in [2.45, 2.75) is 32.7 Å². The highest BCUT2D eigenvalue weighted by atomic mass is 32.1. The number of anilines is 1. The van der Waals surface area contributed by atoms with Gasteiger partial charge >= 0.3 is 5.76 Å². The molecular weight excluding hydrogens is 286 g/mol. The summed E-state index contributed by atoms with van der Waals surface area (Å²) in [5.41, 5.74) is 8.57. The van der Waals surface area contributed by atoms with E-state index in [9.17, 15) is 4.79 Å². The Bertz CT molecular complexity index is 852. The van der Waals surface area contributed by atoms with Crippen LogP contribution in [0.4, 0.5) is 5.69 Å². The maximum absolute atomic E-state index is 12.0. The molecular formula is C15H17N3O2S. The number of hydrogen-bond donors (Lipinski definition) is 1. The van der Waals surface area contributed by atoms with Crippen LogP contribution in [0.15, 0.2) is 32.8 Å². The molecule has 2 aromatic heterocycles. The van der Waals surface area contributed by atoms with E-state index in [1.54, 1.807) is 34.1 Å². The van der Waals surface area contributed by atoms with E-state index in [0.29, 0.717) is 17.8 Å². The van der Waals surface area contributed by atoms with Crippen LogP contribution in [-0.4, -0.2) is 9.55 Å². The third kappa shape index (κ3) is 2.58. The fourth-order valence-electron chi connectivity index (χ4n) is 2.10. The standard InChI is InChI=1S/C15H17N3O2S/c1-15(2,3)12-8-21-13(17-12)7-18-10-5-4-9(16)6-11(10)20-14(18)19/h4-6,8H,7,16H2,1-3H3. The zero-order valence-corrected chi connectivity index (χ0v) is 13.0. The minimum absolute atomic E-state index is 0.00657. The van der Waals surface area contributed by atoms with Crippen LogP contribution in [-0.2, 0) is 12.0 Å². The van der Waals surface area contributed by atoms with Gasteiger partial charge in [-0.25, -0.2) is 9.78 Å². The number of nitrogens with zero attached hydrogens (tertiary/aromatic N) is 2. The monoisotopic (exact) mass is 303 g/mol. The van der Waals surface area contributed by atoms with Crippen LogP contribution in [0, 0.1) is 0 Å². The minimum atomic E-state index is -0.386. The molecule has 0 aliphatic rings. The van der Waals surface area contributed by atoms with Crippen molar-refractivity contribution >= 4 is 28.1 Å². The fourth-order valence-corrected chi connectivity index (χ4v) is 3.10. The van der Waals surface area contributed by atoms with Gasteiger partial charge in [0.05, 0.1) is 17.8 Å². The highest BCUT2D eigenvalue weighted by Gasteiger charge is 2.18. The summed E-state index contributed by atoms with van der Waals surface area (Å²) in [5, 5.41) is 2.93. The molecule has 0 aliphatic heterocycles. The van der Waals surface area contributed by atoms with Crippen molar-refractivity contribution in [2.24, 2.45) is 0 Å². The smallest absolute Gasteiger partial charge is 0.408 e. The topological polar surface area (TPSA) is 74.0 Å². The fraction of sp³-hybridized carbons (Fsp3) is 0.333. The van der Waals surface area contributed by atoms with Gasteiger partial charge < -0.3 is 10.2 Å². The summed E-state index contributed by atoms with van der Waals surface area (Å²) in [6.45, 7) is 6.77. The number of benzene rings is 1. The van der Waals surface area contributed by atoms with Crippen LogP contribution in [0.25, 0.3) is 11.1 Å². The van der Waals surface area contributed by atoms with Crippen LogP contribution in [0.1, 0.15) is 31.5 Å². The summed E-state index contributed by atoms with van der Waals surface area (Å²) < 4.78 is 6.81. The highest BCUT2D eigenvalue weighted by molar-refractivity contribution is 7.09. The second-order valence-corrected chi connectivity index (χ2v) is 7.00. The molecule has 3 rings (SSSR count). The molecule has 0 unspecified atom stereocenters. The Morgan fingerprint density at radius 1 is 1.38 bits per heavy atom. The number of nitrogen functional groups attached to an aromatic ring is 1. The first-order valence-electron chi connectivity index (χ1n) is 6.68. The van der Waals surface area contributed by atoms with Crippen LogP contribution in [0.5, 0.6) is 0 Å². The summed E-state index contributed by atoms with van der Waals surface area (Å²) >= 11 is 1.56. The van der Waals surface area contributed by atoms with Gasteiger partial charge in [0.15, 0.2) is 5.58 Å². The number of oxazole rings is 1. The van der Waals surface area contributed by atoms with Gasteiger partial charge in [0.2, 0.25) is 0 Å². The molecule has 6 heteroatoms. The number of nitrogens with two attached hydrogens (primary N) is 1. The molecule has 0 saturated heterocycles. The van der Waals surface area contributed by atoms with Crippen LogP contribution < -0.4 is 11.5 Å². The zero-order valence-electron chi connectivity index (χ0n) is 12.2. The lowest BCUT2D eigenvalue weighted by Crippen LogP contribution is -2.16. The summed E-state index contributed by atoms with van der Waals surface area (Å²) in [4.78, 5) is 16.6. The molecule has 110 valence electrons. The van der Waals surface area contributed by atoms with Crippen molar-refractivity contribution in [3.05, 3.63) is 44.8 Å². The van der Waals surface area contributed by atoms with Gasteiger partial charge in [-0.3, -0.25) is 4.57 Å². The number of rotatable bonds is 2. The van der Waals surface area contributed by atoms with Crippen LogP contribution >= 0.6 is 11.3 Å². The summed E-state index contributed by atoms with van der Waals surface area (Å²) in [6, 6.07) is 5.22. The van der Waals surface area contributed by atoms with E-state index in [2.05, 4.69) is 25.8 Å². The van der Waals surface area contributed by atoms with E-state index in [1.807, 2.05) is 5.38 Å². The van der Waals surface area contributed by atoms with Crippen molar-refractivity contribution < 1.29 is 4.42 Å². The molecule has 21 heavy (non-hydrogen) atoms. The van der Waals surface area contributed by atoms with E-state index in [1.165, 1.54) is 0 Å². The molecule has 3 aromatic rings. The number of aromatic nitrogens is 2. The van der Waals surface area contributed by atoms with Crippen molar-refractivity contribution in [3.8, 4) is 0 Å². The average Bonchev–Trinajstić information content (AvgIpc) is 2.95. The molecule has 0 fully saturated rings. The summed E-state index contributed by atoms with van der Waals surface area (Å²) in [6.07, 6.45) is 0. The summed E-state index contributed by atoms with van der Waals surface area (Å²) in [5.74, 6) is -0.386. The van der Waals surface area contributed by atoms with Gasteiger partial charge in [-0.1, -0.05) is 20.8 Å². The molecule has 2 heterocycles. The third-order valence-corrected chi connectivity index (χ3v) is 4.14. The molecule has 2 N–H and O–H groups in total. The van der Waals surface area contributed by atoms with Gasteiger partial charge in [0, 0.05) is 22.5 Å². The predicted molar refractivity (Wildman–Crippen MR) is 84.8 cm³/mol. The Labute approximate surface area is 126 Å². The molecule has 1 aromatic carbocycles. The average molecular weight is 303 g/mol. The Morgan fingerprint density at radius 2 is 2.14 bits per heavy atom. The van der Waals surface area contributed by atoms with Crippen molar-refractivity contribution in [1.82, 2.24) is 9.55 Å². The maximum atomic E-state index is 12.0. The first kappa shape index (κ1) is 13.9. The van der Waals surface area contributed by atoms with E-state index in [0.717, 1.165) is 16.2 Å². The first-order chi connectivity index (χ1) is 9.84. The van der Waals surface area contributed by atoms with Gasteiger partial charge in [-0.2, -0.15) is 0 Å². The second kappa shape index (κ2) is 4.73. The Kier molecular flexibility index (Phi) is 3.13. The molecule has 0 aliphatic carbocycles.